The van der Waals surface area contributed by atoms with Crippen LogP contribution in [0.2, 0.25) is 19.6 Å². The summed E-state index contributed by atoms with van der Waals surface area (Å²) in [6.45, 7) is 5.17. The van der Waals surface area contributed by atoms with Crippen LogP contribution >= 0.6 is 0 Å². The molecule has 102 valence electrons. The summed E-state index contributed by atoms with van der Waals surface area (Å²) in [6.07, 6.45) is -6.38. The lowest BCUT2D eigenvalue weighted by Gasteiger charge is -2.29. The molecule has 0 aliphatic carbocycles. The van der Waals surface area contributed by atoms with Crippen LogP contribution in [0.5, 0.6) is 5.75 Å². The van der Waals surface area contributed by atoms with E-state index in [4.69, 9.17) is 9.16 Å². The summed E-state index contributed by atoms with van der Waals surface area (Å²) in [5.74, 6) is 0.193. The Balaban J connectivity index is 3.18. The normalized spacial score (nSPS) is 14.4. The lowest BCUT2D eigenvalue weighted by molar-refractivity contribution is -0.201. The van der Waals surface area contributed by atoms with Crippen molar-refractivity contribution in [2.45, 2.75) is 31.9 Å². The molecule has 6 heteroatoms. The van der Waals surface area contributed by atoms with E-state index in [0.29, 0.717) is 0 Å². The molecule has 0 radical (unpaired) electrons. The van der Waals surface area contributed by atoms with E-state index < -0.39 is 20.6 Å². The molecule has 18 heavy (non-hydrogen) atoms. The standard InChI is InChI=1S/C12H17F3O2Si/c1-16-10-8-6-5-7-9(10)11(12(13,14)15)17-18(2,3)4/h5-8,11H,1-4H3/t11-/m0/s1. The summed E-state index contributed by atoms with van der Waals surface area (Å²) < 4.78 is 49.5. The van der Waals surface area contributed by atoms with Crippen LogP contribution in [0.15, 0.2) is 24.3 Å². The lowest BCUT2D eigenvalue weighted by atomic mass is 10.1. The highest BCUT2D eigenvalue weighted by molar-refractivity contribution is 6.69. The minimum atomic E-state index is -4.45. The second-order valence-corrected chi connectivity index (χ2v) is 9.35. The molecule has 0 fully saturated rings. The molecule has 0 amide bonds. The van der Waals surface area contributed by atoms with E-state index in [1.165, 1.54) is 19.2 Å². The van der Waals surface area contributed by atoms with Crippen molar-refractivity contribution in [3.8, 4) is 5.75 Å². The Morgan fingerprint density at radius 3 is 2.11 bits per heavy atom. The van der Waals surface area contributed by atoms with E-state index in [2.05, 4.69) is 0 Å². The molecule has 2 nitrogen and oxygen atoms in total. The maximum atomic E-state index is 13.1. The summed E-state index contributed by atoms with van der Waals surface area (Å²) in [5, 5.41) is 0. The second kappa shape index (κ2) is 5.32. The fourth-order valence-corrected chi connectivity index (χ4v) is 2.51. The number of benzene rings is 1. The number of ether oxygens (including phenoxy) is 1. The summed E-state index contributed by atoms with van der Waals surface area (Å²) in [6, 6.07) is 6.06. The molecule has 0 saturated carbocycles. The van der Waals surface area contributed by atoms with Crippen LogP contribution in [0.1, 0.15) is 11.7 Å². The Morgan fingerprint density at radius 2 is 1.67 bits per heavy atom. The van der Waals surface area contributed by atoms with Gasteiger partial charge in [0.1, 0.15) is 5.75 Å². The fraction of sp³-hybridized carbons (Fsp3) is 0.500. The minimum Gasteiger partial charge on any atom is -0.496 e. The lowest BCUT2D eigenvalue weighted by Crippen LogP contribution is -2.35. The van der Waals surface area contributed by atoms with E-state index in [9.17, 15) is 13.2 Å². The first-order valence-electron chi connectivity index (χ1n) is 5.52. The van der Waals surface area contributed by atoms with Crippen molar-refractivity contribution in [1.29, 1.82) is 0 Å². The molecule has 0 bridgehead atoms. The third-order valence-corrected chi connectivity index (χ3v) is 3.13. The highest BCUT2D eigenvalue weighted by Gasteiger charge is 2.45. The van der Waals surface area contributed by atoms with Gasteiger partial charge < -0.3 is 9.16 Å². The molecule has 1 atom stereocenters. The first-order valence-corrected chi connectivity index (χ1v) is 8.93. The molecular formula is C12H17F3O2Si. The van der Waals surface area contributed by atoms with Gasteiger partial charge in [-0.25, -0.2) is 0 Å². The third kappa shape index (κ3) is 4.03. The maximum absolute atomic E-state index is 13.1. The molecular weight excluding hydrogens is 261 g/mol. The average molecular weight is 278 g/mol. The van der Waals surface area contributed by atoms with Gasteiger partial charge in [0.05, 0.1) is 7.11 Å². The van der Waals surface area contributed by atoms with Crippen LogP contribution < -0.4 is 4.74 Å². The number of halogens is 3. The topological polar surface area (TPSA) is 18.5 Å². The molecule has 0 aliphatic heterocycles. The van der Waals surface area contributed by atoms with Crippen molar-refractivity contribution in [2.24, 2.45) is 0 Å². The molecule has 0 aliphatic rings. The summed E-state index contributed by atoms with van der Waals surface area (Å²) in [5.41, 5.74) is 0.0231. The summed E-state index contributed by atoms with van der Waals surface area (Å²) >= 11 is 0. The minimum absolute atomic E-state index is 0.0231. The van der Waals surface area contributed by atoms with Gasteiger partial charge in [-0.05, 0) is 25.7 Å². The zero-order chi connectivity index (χ0) is 14.0. The van der Waals surface area contributed by atoms with Crippen LogP contribution in [0.25, 0.3) is 0 Å². The van der Waals surface area contributed by atoms with Gasteiger partial charge in [0.15, 0.2) is 14.4 Å². The Labute approximate surface area is 106 Å². The third-order valence-electron chi connectivity index (χ3n) is 2.19. The van der Waals surface area contributed by atoms with Gasteiger partial charge in [0.25, 0.3) is 0 Å². The van der Waals surface area contributed by atoms with E-state index in [1.54, 1.807) is 31.8 Å². The first-order chi connectivity index (χ1) is 8.15. The molecule has 1 aromatic carbocycles. The van der Waals surface area contributed by atoms with Gasteiger partial charge in [0, 0.05) is 5.56 Å². The number of methoxy groups -OCH3 is 1. The molecule has 0 N–H and O–H groups in total. The van der Waals surface area contributed by atoms with Gasteiger partial charge in [-0.1, -0.05) is 18.2 Å². The van der Waals surface area contributed by atoms with Gasteiger partial charge in [0.2, 0.25) is 0 Å². The van der Waals surface area contributed by atoms with Gasteiger partial charge >= 0.3 is 6.18 Å². The predicted molar refractivity (Wildman–Crippen MR) is 66.2 cm³/mol. The second-order valence-electron chi connectivity index (χ2n) is 4.89. The Hall–Kier alpha value is -1.01. The monoisotopic (exact) mass is 278 g/mol. The van der Waals surface area contributed by atoms with Crippen LogP contribution in [-0.4, -0.2) is 21.6 Å². The molecule has 0 heterocycles. The summed E-state index contributed by atoms with van der Waals surface area (Å²) in [7, 11) is -0.976. The number of hydrogen-bond acceptors (Lipinski definition) is 2. The van der Waals surface area contributed by atoms with Crippen LogP contribution in [0, 0.1) is 0 Å². The van der Waals surface area contributed by atoms with Crippen molar-refractivity contribution in [1.82, 2.24) is 0 Å². The quantitative estimate of drug-likeness (QED) is 0.770. The van der Waals surface area contributed by atoms with Crippen LogP contribution in [0.3, 0.4) is 0 Å². The molecule has 1 aromatic rings. The van der Waals surface area contributed by atoms with E-state index >= 15 is 0 Å². The van der Waals surface area contributed by atoms with Crippen LogP contribution in [-0.2, 0) is 4.43 Å². The van der Waals surface area contributed by atoms with Crippen molar-refractivity contribution in [3.63, 3.8) is 0 Å². The SMILES string of the molecule is COc1ccccc1[C@H](O[Si](C)(C)C)C(F)(F)F. The Morgan fingerprint density at radius 1 is 1.11 bits per heavy atom. The van der Waals surface area contributed by atoms with Crippen LogP contribution in [0.4, 0.5) is 13.2 Å². The largest absolute Gasteiger partial charge is 0.496 e. The number of rotatable bonds is 4. The first kappa shape index (κ1) is 15.0. The zero-order valence-corrected chi connectivity index (χ0v) is 11.8. The Kier molecular flexibility index (Phi) is 4.44. The fourth-order valence-electron chi connectivity index (χ4n) is 1.54. The van der Waals surface area contributed by atoms with Crippen molar-refractivity contribution < 1.29 is 22.3 Å². The van der Waals surface area contributed by atoms with Gasteiger partial charge in [-0.2, -0.15) is 13.2 Å². The van der Waals surface area contributed by atoms with Crippen molar-refractivity contribution >= 4 is 8.32 Å². The predicted octanol–water partition coefficient (Wildman–Crippen LogP) is 4.15. The van der Waals surface area contributed by atoms with Gasteiger partial charge in [-0.15, -0.1) is 0 Å². The highest BCUT2D eigenvalue weighted by Crippen LogP contribution is 2.41. The van der Waals surface area contributed by atoms with E-state index in [0.717, 1.165) is 0 Å². The molecule has 0 aromatic heterocycles. The number of alkyl halides is 3. The maximum Gasteiger partial charge on any atom is 0.417 e. The summed E-state index contributed by atoms with van der Waals surface area (Å²) in [4.78, 5) is 0. The smallest absolute Gasteiger partial charge is 0.417 e. The number of para-hydroxylation sites is 1. The van der Waals surface area contributed by atoms with E-state index in [1.807, 2.05) is 0 Å². The molecule has 0 unspecified atom stereocenters. The average Bonchev–Trinajstić information content (AvgIpc) is 2.23. The highest BCUT2D eigenvalue weighted by atomic mass is 28.4. The molecule has 0 spiro atoms. The van der Waals surface area contributed by atoms with Gasteiger partial charge in [-0.3, -0.25) is 0 Å². The molecule has 0 saturated heterocycles. The number of hydrogen-bond donors (Lipinski definition) is 0. The Bertz CT molecular complexity index is 399. The molecule has 1 rings (SSSR count). The van der Waals surface area contributed by atoms with E-state index in [-0.39, 0.29) is 11.3 Å². The van der Waals surface area contributed by atoms with Crippen molar-refractivity contribution in [3.05, 3.63) is 29.8 Å². The van der Waals surface area contributed by atoms with Crippen molar-refractivity contribution in [2.75, 3.05) is 7.11 Å². The zero-order valence-electron chi connectivity index (χ0n) is 10.8.